The van der Waals surface area contributed by atoms with Crippen LogP contribution in [0.15, 0.2) is 0 Å². The Balaban J connectivity index is 2.65. The third-order valence-corrected chi connectivity index (χ3v) is 3.88. The lowest BCUT2D eigenvalue weighted by molar-refractivity contribution is -0.148. The van der Waals surface area contributed by atoms with E-state index in [4.69, 9.17) is 16.6 Å². The van der Waals surface area contributed by atoms with Gasteiger partial charge in [-0.15, -0.1) is 0 Å². The van der Waals surface area contributed by atoms with E-state index < -0.39 is 30.1 Å². The summed E-state index contributed by atoms with van der Waals surface area (Å²) in [5.41, 5.74) is 10.1. The van der Waals surface area contributed by atoms with Crippen LogP contribution in [0, 0.1) is 11.8 Å². The number of hydrogen-bond acceptors (Lipinski definition) is 5. The van der Waals surface area contributed by atoms with Gasteiger partial charge >= 0.3 is 5.97 Å². The minimum Gasteiger partial charge on any atom is -0.480 e. The van der Waals surface area contributed by atoms with Crippen molar-refractivity contribution in [2.24, 2.45) is 23.3 Å². The highest BCUT2D eigenvalue weighted by Gasteiger charge is 2.45. The smallest absolute Gasteiger partial charge is 0.324 e. The molecule has 1 aliphatic rings. The fourth-order valence-corrected chi connectivity index (χ4v) is 2.57. The summed E-state index contributed by atoms with van der Waals surface area (Å²) in [7, 11) is 0. The largest absolute Gasteiger partial charge is 0.480 e. The van der Waals surface area contributed by atoms with Gasteiger partial charge in [-0.3, -0.25) is 9.59 Å². The fourth-order valence-electron chi connectivity index (χ4n) is 2.57. The Morgan fingerprint density at radius 3 is 2.63 bits per heavy atom. The quantitative estimate of drug-likeness (QED) is 0.419. The van der Waals surface area contributed by atoms with Crippen molar-refractivity contribution >= 4 is 11.9 Å². The summed E-state index contributed by atoms with van der Waals surface area (Å²) in [5, 5.41) is 20.6. The van der Waals surface area contributed by atoms with Crippen molar-refractivity contribution in [2.45, 2.75) is 37.8 Å². The first kappa shape index (κ1) is 15.9. The van der Waals surface area contributed by atoms with Crippen LogP contribution in [0.5, 0.6) is 0 Å². The van der Waals surface area contributed by atoms with Crippen LogP contribution in [0.1, 0.15) is 26.2 Å². The van der Waals surface area contributed by atoms with Crippen molar-refractivity contribution in [3.63, 3.8) is 0 Å². The molecule has 0 saturated heterocycles. The maximum absolute atomic E-state index is 11.5. The summed E-state index contributed by atoms with van der Waals surface area (Å²) in [4.78, 5) is 22.8. The average molecular weight is 273 g/mol. The van der Waals surface area contributed by atoms with Gasteiger partial charge in [0, 0.05) is 12.5 Å². The number of rotatable bonds is 5. The number of amides is 1. The summed E-state index contributed by atoms with van der Waals surface area (Å²) < 4.78 is 0. The number of aliphatic hydroxyl groups excluding tert-OH is 1. The van der Waals surface area contributed by atoms with Gasteiger partial charge < -0.3 is 27.0 Å². The number of carboxylic acids is 1. The Bertz CT molecular complexity index is 350. The van der Waals surface area contributed by atoms with Gasteiger partial charge in [-0.05, 0) is 18.8 Å². The molecular weight excluding hydrogens is 250 g/mol. The number of hydrogen-bond donors (Lipinski definition) is 5. The Morgan fingerprint density at radius 1 is 1.47 bits per heavy atom. The first-order valence-corrected chi connectivity index (χ1v) is 6.47. The van der Waals surface area contributed by atoms with Crippen LogP contribution in [0.25, 0.3) is 0 Å². The van der Waals surface area contributed by atoms with Crippen molar-refractivity contribution in [1.82, 2.24) is 5.32 Å². The first-order valence-electron chi connectivity index (χ1n) is 6.47. The van der Waals surface area contributed by atoms with Gasteiger partial charge in [0.05, 0.1) is 6.61 Å². The predicted molar refractivity (Wildman–Crippen MR) is 69.1 cm³/mol. The molecule has 0 aliphatic heterocycles. The molecule has 7 nitrogen and oxygen atoms in total. The number of carbonyl (C=O) groups is 2. The van der Waals surface area contributed by atoms with Crippen molar-refractivity contribution in [1.29, 1.82) is 0 Å². The van der Waals surface area contributed by atoms with Crippen LogP contribution in [-0.4, -0.2) is 46.8 Å². The van der Waals surface area contributed by atoms with Crippen LogP contribution < -0.4 is 16.8 Å². The third-order valence-electron chi connectivity index (χ3n) is 3.88. The van der Waals surface area contributed by atoms with Crippen molar-refractivity contribution in [3.05, 3.63) is 0 Å². The van der Waals surface area contributed by atoms with E-state index in [0.29, 0.717) is 12.8 Å². The highest BCUT2D eigenvalue weighted by atomic mass is 16.4. The van der Waals surface area contributed by atoms with E-state index in [9.17, 15) is 14.7 Å². The van der Waals surface area contributed by atoms with Crippen LogP contribution >= 0.6 is 0 Å². The molecule has 19 heavy (non-hydrogen) atoms. The molecular formula is C12H23N3O4. The zero-order valence-electron chi connectivity index (χ0n) is 11.1. The number of nitrogens with two attached hydrogens (primary N) is 2. The molecule has 4 atom stereocenters. The molecule has 0 bridgehead atoms. The van der Waals surface area contributed by atoms with E-state index in [1.807, 2.05) is 6.92 Å². The standard InChI is InChI=1S/C12H23N3O4/c1-7-2-3-8(12(14,4-7)11(18)19)5-15-10(17)9(13)6-16/h7-9,16H,2-6,13-14H2,1H3,(H,15,17)(H,18,19)/t7-,8+,9+,12-/m1/s1. The van der Waals surface area contributed by atoms with Gasteiger partial charge in [-0.2, -0.15) is 0 Å². The molecule has 1 aliphatic carbocycles. The predicted octanol–water partition coefficient (Wildman–Crippen LogP) is -1.36. The summed E-state index contributed by atoms with van der Waals surface area (Å²) >= 11 is 0. The van der Waals surface area contributed by atoms with Crippen molar-refractivity contribution in [3.8, 4) is 0 Å². The number of carboxylic acid groups (broad SMARTS) is 1. The van der Waals surface area contributed by atoms with Gasteiger partial charge in [0.2, 0.25) is 5.91 Å². The number of aliphatic carboxylic acids is 1. The normalized spacial score (nSPS) is 32.6. The van der Waals surface area contributed by atoms with E-state index in [1.54, 1.807) is 0 Å². The second-order valence-corrected chi connectivity index (χ2v) is 5.46. The highest BCUT2D eigenvalue weighted by molar-refractivity contribution is 5.82. The summed E-state index contributed by atoms with van der Waals surface area (Å²) in [6.45, 7) is 1.70. The van der Waals surface area contributed by atoms with Crippen molar-refractivity contribution in [2.75, 3.05) is 13.2 Å². The zero-order chi connectivity index (χ0) is 14.6. The highest BCUT2D eigenvalue weighted by Crippen LogP contribution is 2.35. The van der Waals surface area contributed by atoms with Crippen LogP contribution in [0.4, 0.5) is 0 Å². The molecule has 0 unspecified atom stereocenters. The third kappa shape index (κ3) is 3.65. The summed E-state index contributed by atoms with van der Waals surface area (Å²) in [6.07, 6.45) is 1.94. The molecule has 110 valence electrons. The number of aliphatic hydroxyl groups is 1. The molecule has 0 aromatic heterocycles. The minimum atomic E-state index is -1.31. The molecule has 0 aromatic carbocycles. The molecule has 7 N–H and O–H groups in total. The topological polar surface area (TPSA) is 139 Å². The molecule has 1 amide bonds. The first-order chi connectivity index (χ1) is 8.81. The minimum absolute atomic E-state index is 0.169. The number of nitrogens with one attached hydrogen (secondary N) is 1. The molecule has 1 fully saturated rings. The maximum Gasteiger partial charge on any atom is 0.324 e. The second-order valence-electron chi connectivity index (χ2n) is 5.46. The van der Waals surface area contributed by atoms with Gasteiger partial charge in [0.15, 0.2) is 0 Å². The van der Waals surface area contributed by atoms with Crippen LogP contribution in [0.2, 0.25) is 0 Å². The Morgan fingerprint density at radius 2 is 2.11 bits per heavy atom. The van der Waals surface area contributed by atoms with E-state index in [0.717, 1.165) is 6.42 Å². The molecule has 7 heteroatoms. The second kappa shape index (κ2) is 6.31. The molecule has 0 spiro atoms. The molecule has 0 radical (unpaired) electrons. The maximum atomic E-state index is 11.5. The van der Waals surface area contributed by atoms with E-state index in [1.165, 1.54) is 0 Å². The Kier molecular flexibility index (Phi) is 5.28. The lowest BCUT2D eigenvalue weighted by atomic mass is 9.69. The van der Waals surface area contributed by atoms with E-state index in [-0.39, 0.29) is 18.4 Å². The van der Waals surface area contributed by atoms with Gasteiger partial charge in [-0.1, -0.05) is 13.3 Å². The lowest BCUT2D eigenvalue weighted by Crippen LogP contribution is -2.60. The molecule has 0 aromatic rings. The fraction of sp³-hybridized carbons (Fsp3) is 0.833. The lowest BCUT2D eigenvalue weighted by Gasteiger charge is -2.40. The van der Waals surface area contributed by atoms with E-state index in [2.05, 4.69) is 5.32 Å². The summed E-state index contributed by atoms with van der Waals surface area (Å²) in [5.74, 6) is -1.59. The van der Waals surface area contributed by atoms with Crippen LogP contribution in [-0.2, 0) is 9.59 Å². The molecule has 0 heterocycles. The SMILES string of the molecule is C[C@@H]1CC[C@@H](CNC(=O)[C@@H](N)CO)[C@@](N)(C(=O)O)C1. The Labute approximate surface area is 112 Å². The Hall–Kier alpha value is -1.18. The monoisotopic (exact) mass is 273 g/mol. The zero-order valence-corrected chi connectivity index (χ0v) is 11.1. The van der Waals surface area contributed by atoms with Gasteiger partial charge in [0.25, 0.3) is 0 Å². The summed E-state index contributed by atoms with van der Waals surface area (Å²) in [6, 6.07) is -0.987. The number of carbonyl (C=O) groups excluding carboxylic acids is 1. The van der Waals surface area contributed by atoms with Crippen molar-refractivity contribution < 1.29 is 19.8 Å². The van der Waals surface area contributed by atoms with Crippen LogP contribution in [0.3, 0.4) is 0 Å². The molecule has 1 saturated carbocycles. The van der Waals surface area contributed by atoms with Gasteiger partial charge in [0.1, 0.15) is 11.6 Å². The molecule has 1 rings (SSSR count). The van der Waals surface area contributed by atoms with Gasteiger partial charge in [-0.25, -0.2) is 0 Å². The van der Waals surface area contributed by atoms with E-state index >= 15 is 0 Å². The average Bonchev–Trinajstić information content (AvgIpc) is 2.36.